The maximum Gasteiger partial charge on any atom is 0.261 e. The van der Waals surface area contributed by atoms with Crippen molar-refractivity contribution < 1.29 is 18.7 Å². The molecule has 0 radical (unpaired) electrons. The van der Waals surface area contributed by atoms with Gasteiger partial charge in [0.05, 0.1) is 0 Å². The Morgan fingerprint density at radius 2 is 1.72 bits per heavy atom. The van der Waals surface area contributed by atoms with Gasteiger partial charge in [0.2, 0.25) is 5.91 Å². The number of rotatable bonds is 9. The minimum Gasteiger partial charge on any atom is -0.484 e. The Morgan fingerprint density at radius 1 is 1.07 bits per heavy atom. The van der Waals surface area contributed by atoms with Gasteiger partial charge in [-0.05, 0) is 38.0 Å². The number of carbonyl (C=O) groups is 2. The lowest BCUT2D eigenvalue weighted by molar-refractivity contribution is -0.142. The van der Waals surface area contributed by atoms with Gasteiger partial charge in [-0.1, -0.05) is 49.7 Å². The fraction of sp³-hybridized carbons (Fsp3) is 0.391. The highest BCUT2D eigenvalue weighted by Crippen LogP contribution is 2.15. The van der Waals surface area contributed by atoms with Gasteiger partial charge in [0.25, 0.3) is 5.91 Å². The molecule has 0 bridgehead atoms. The van der Waals surface area contributed by atoms with Crippen LogP contribution in [0, 0.1) is 18.7 Å². The second-order valence-electron chi connectivity index (χ2n) is 7.53. The minimum absolute atomic E-state index is 0.0149. The van der Waals surface area contributed by atoms with Gasteiger partial charge in [0.1, 0.15) is 17.6 Å². The van der Waals surface area contributed by atoms with Gasteiger partial charge in [-0.15, -0.1) is 0 Å². The molecule has 0 aliphatic heterocycles. The quantitative estimate of drug-likeness (QED) is 0.698. The number of carbonyl (C=O) groups excluding carboxylic acids is 2. The van der Waals surface area contributed by atoms with Crippen molar-refractivity contribution in [1.82, 2.24) is 10.2 Å². The van der Waals surface area contributed by atoms with E-state index in [0.29, 0.717) is 17.9 Å². The fourth-order valence-electron chi connectivity index (χ4n) is 2.71. The van der Waals surface area contributed by atoms with Crippen LogP contribution in [0.1, 0.15) is 31.9 Å². The van der Waals surface area contributed by atoms with E-state index in [-0.39, 0.29) is 30.9 Å². The summed E-state index contributed by atoms with van der Waals surface area (Å²) >= 11 is 0. The zero-order chi connectivity index (χ0) is 21.4. The SMILES string of the molecule is Cc1ccc(OCC(=O)N(Cc2ccccc2F)[C@@H](C)C(=O)NCC(C)C)cc1. The molecule has 0 saturated heterocycles. The molecule has 156 valence electrons. The summed E-state index contributed by atoms with van der Waals surface area (Å²) in [6.45, 7) is 7.83. The summed E-state index contributed by atoms with van der Waals surface area (Å²) < 4.78 is 19.7. The molecule has 2 aromatic rings. The van der Waals surface area contributed by atoms with Gasteiger partial charge >= 0.3 is 0 Å². The molecule has 0 unspecified atom stereocenters. The van der Waals surface area contributed by atoms with Gasteiger partial charge in [-0.25, -0.2) is 4.39 Å². The van der Waals surface area contributed by atoms with Crippen molar-refractivity contribution in [3.63, 3.8) is 0 Å². The molecule has 1 N–H and O–H groups in total. The van der Waals surface area contributed by atoms with Crippen LogP contribution in [-0.4, -0.2) is 35.9 Å². The Morgan fingerprint density at radius 3 is 2.34 bits per heavy atom. The van der Waals surface area contributed by atoms with Crippen LogP contribution in [0.2, 0.25) is 0 Å². The van der Waals surface area contributed by atoms with Gasteiger partial charge < -0.3 is 15.0 Å². The maximum atomic E-state index is 14.2. The van der Waals surface area contributed by atoms with Gasteiger partial charge in [0, 0.05) is 18.7 Å². The number of ether oxygens (including phenoxy) is 1. The van der Waals surface area contributed by atoms with Crippen molar-refractivity contribution in [2.24, 2.45) is 5.92 Å². The third-order valence-corrected chi connectivity index (χ3v) is 4.53. The number of amides is 2. The van der Waals surface area contributed by atoms with E-state index in [2.05, 4.69) is 5.32 Å². The lowest BCUT2D eigenvalue weighted by Gasteiger charge is -2.29. The first-order valence-corrected chi connectivity index (χ1v) is 9.78. The molecule has 2 aromatic carbocycles. The molecule has 0 aliphatic carbocycles. The van der Waals surface area contributed by atoms with Crippen LogP contribution in [0.3, 0.4) is 0 Å². The molecule has 1 atom stereocenters. The first-order chi connectivity index (χ1) is 13.8. The van der Waals surface area contributed by atoms with E-state index in [1.165, 1.54) is 11.0 Å². The van der Waals surface area contributed by atoms with Crippen LogP contribution in [0.25, 0.3) is 0 Å². The summed E-state index contributed by atoms with van der Waals surface area (Å²) in [5.41, 5.74) is 1.43. The Kier molecular flexibility index (Phi) is 8.19. The topological polar surface area (TPSA) is 58.6 Å². The molecule has 0 fully saturated rings. The van der Waals surface area contributed by atoms with Crippen molar-refractivity contribution in [1.29, 1.82) is 0 Å². The average molecular weight is 400 g/mol. The van der Waals surface area contributed by atoms with Crippen LogP contribution in [0.4, 0.5) is 4.39 Å². The minimum atomic E-state index is -0.762. The Labute approximate surface area is 171 Å². The third kappa shape index (κ3) is 6.89. The third-order valence-electron chi connectivity index (χ3n) is 4.53. The van der Waals surface area contributed by atoms with Crippen molar-refractivity contribution >= 4 is 11.8 Å². The van der Waals surface area contributed by atoms with E-state index in [4.69, 9.17) is 4.74 Å². The lowest BCUT2D eigenvalue weighted by atomic mass is 10.1. The maximum absolute atomic E-state index is 14.2. The highest BCUT2D eigenvalue weighted by atomic mass is 19.1. The molecule has 0 aromatic heterocycles. The highest BCUT2D eigenvalue weighted by molar-refractivity contribution is 5.87. The molecule has 5 nitrogen and oxygen atoms in total. The van der Waals surface area contributed by atoms with Crippen LogP contribution in [0.5, 0.6) is 5.75 Å². The van der Waals surface area contributed by atoms with Crippen LogP contribution >= 0.6 is 0 Å². The van der Waals surface area contributed by atoms with Gasteiger partial charge in [0.15, 0.2) is 6.61 Å². The monoisotopic (exact) mass is 400 g/mol. The number of aryl methyl sites for hydroxylation is 1. The van der Waals surface area contributed by atoms with Crippen LogP contribution < -0.4 is 10.1 Å². The standard InChI is InChI=1S/C23H29FN2O3/c1-16(2)13-25-23(28)18(4)26(14-19-7-5-6-8-21(19)24)22(27)15-29-20-11-9-17(3)10-12-20/h5-12,16,18H,13-15H2,1-4H3,(H,25,28)/t18-/m0/s1. The number of halogens is 1. The van der Waals surface area contributed by atoms with E-state index in [9.17, 15) is 14.0 Å². The summed E-state index contributed by atoms with van der Waals surface area (Å²) in [4.78, 5) is 26.8. The van der Waals surface area contributed by atoms with Crippen molar-refractivity contribution in [2.45, 2.75) is 40.3 Å². The number of benzene rings is 2. The second-order valence-corrected chi connectivity index (χ2v) is 7.53. The molecular weight excluding hydrogens is 371 g/mol. The number of hydrogen-bond donors (Lipinski definition) is 1. The van der Waals surface area contributed by atoms with Crippen molar-refractivity contribution in [3.8, 4) is 5.75 Å². The zero-order valence-corrected chi connectivity index (χ0v) is 17.4. The van der Waals surface area contributed by atoms with Crippen LogP contribution in [0.15, 0.2) is 48.5 Å². The summed E-state index contributed by atoms with van der Waals surface area (Å²) in [5.74, 6) is -0.238. The van der Waals surface area contributed by atoms with Crippen molar-refractivity contribution in [2.75, 3.05) is 13.2 Å². The summed E-state index contributed by atoms with van der Waals surface area (Å²) in [6.07, 6.45) is 0. The molecular formula is C23H29FN2O3. The molecule has 6 heteroatoms. The predicted octanol–water partition coefficient (Wildman–Crippen LogP) is 3.70. The number of hydrogen-bond acceptors (Lipinski definition) is 3. The molecule has 0 saturated carbocycles. The zero-order valence-electron chi connectivity index (χ0n) is 17.4. The molecule has 2 amide bonds. The summed E-state index contributed by atoms with van der Waals surface area (Å²) in [7, 11) is 0. The lowest BCUT2D eigenvalue weighted by Crippen LogP contribution is -2.49. The highest BCUT2D eigenvalue weighted by Gasteiger charge is 2.27. The Bertz CT molecular complexity index is 821. The smallest absolute Gasteiger partial charge is 0.261 e. The molecule has 29 heavy (non-hydrogen) atoms. The first kappa shape index (κ1) is 22.4. The second kappa shape index (κ2) is 10.6. The van der Waals surface area contributed by atoms with E-state index in [0.717, 1.165) is 5.56 Å². The largest absolute Gasteiger partial charge is 0.484 e. The summed E-state index contributed by atoms with van der Waals surface area (Å²) in [5, 5.41) is 2.83. The van der Waals surface area contributed by atoms with E-state index in [1.807, 2.05) is 32.9 Å². The summed E-state index contributed by atoms with van der Waals surface area (Å²) in [6, 6.07) is 12.8. The normalized spacial score (nSPS) is 11.8. The van der Waals surface area contributed by atoms with Crippen molar-refractivity contribution in [3.05, 3.63) is 65.5 Å². The Hall–Kier alpha value is -2.89. The molecule has 0 aliphatic rings. The van der Waals surface area contributed by atoms with Gasteiger partial charge in [-0.2, -0.15) is 0 Å². The van der Waals surface area contributed by atoms with E-state index in [1.54, 1.807) is 37.3 Å². The van der Waals surface area contributed by atoms with E-state index >= 15 is 0 Å². The number of nitrogens with zero attached hydrogens (tertiary/aromatic N) is 1. The Balaban J connectivity index is 2.13. The number of nitrogens with one attached hydrogen (secondary N) is 1. The predicted molar refractivity (Wildman–Crippen MR) is 111 cm³/mol. The van der Waals surface area contributed by atoms with Gasteiger partial charge in [-0.3, -0.25) is 9.59 Å². The molecule has 0 spiro atoms. The molecule has 0 heterocycles. The average Bonchev–Trinajstić information content (AvgIpc) is 2.70. The van der Waals surface area contributed by atoms with E-state index < -0.39 is 11.9 Å². The van der Waals surface area contributed by atoms with Crippen LogP contribution in [-0.2, 0) is 16.1 Å². The fourth-order valence-corrected chi connectivity index (χ4v) is 2.71. The first-order valence-electron chi connectivity index (χ1n) is 9.78. The molecule has 2 rings (SSSR count).